The van der Waals surface area contributed by atoms with Gasteiger partial charge in [0.1, 0.15) is 5.69 Å². The predicted octanol–water partition coefficient (Wildman–Crippen LogP) is 3.05. The van der Waals surface area contributed by atoms with Gasteiger partial charge in [-0.05, 0) is 52.3 Å². The molecule has 0 unspecified atom stereocenters. The first-order valence-corrected chi connectivity index (χ1v) is 11.5. The van der Waals surface area contributed by atoms with Gasteiger partial charge in [-0.1, -0.05) is 11.6 Å². The minimum absolute atomic E-state index is 0.0347. The summed E-state index contributed by atoms with van der Waals surface area (Å²) in [6.45, 7) is 9.35. The molecule has 2 aromatic rings. The van der Waals surface area contributed by atoms with Crippen molar-refractivity contribution in [3.05, 3.63) is 40.3 Å². The first-order valence-electron chi connectivity index (χ1n) is 11.1. The lowest BCUT2D eigenvalue weighted by molar-refractivity contribution is 0.0454. The number of pyridine rings is 1. The number of hydrogen-bond donors (Lipinski definition) is 2. The number of nitrogens with one attached hydrogen (secondary N) is 2. The maximum Gasteiger partial charge on any atom is 0.321 e. The zero-order valence-electron chi connectivity index (χ0n) is 18.6. The summed E-state index contributed by atoms with van der Waals surface area (Å²) in [6, 6.07) is 3.78. The van der Waals surface area contributed by atoms with Gasteiger partial charge in [0.05, 0.1) is 17.8 Å². The van der Waals surface area contributed by atoms with E-state index >= 15 is 0 Å². The molecule has 5 heterocycles. The SMILES string of the molecule is C[C@H]1CN2CCC[C@H]2CN1C(=O)N1Cc2c(NC(=O)c3cc(Cl)ccn3)n[nH]c2C1(C)C. The predicted molar refractivity (Wildman–Crippen MR) is 121 cm³/mol. The number of hydrogen-bond acceptors (Lipinski definition) is 5. The highest BCUT2D eigenvalue weighted by molar-refractivity contribution is 6.30. The number of amides is 3. The van der Waals surface area contributed by atoms with Crippen LogP contribution >= 0.6 is 11.6 Å². The number of rotatable bonds is 2. The quantitative estimate of drug-likeness (QED) is 0.722. The summed E-state index contributed by atoms with van der Waals surface area (Å²) in [5.74, 6) is 0.0270. The van der Waals surface area contributed by atoms with Gasteiger partial charge in [-0.25, -0.2) is 4.79 Å². The maximum atomic E-state index is 13.7. The normalized spacial score (nSPS) is 24.4. The average molecular weight is 458 g/mol. The third kappa shape index (κ3) is 3.44. The van der Waals surface area contributed by atoms with E-state index in [0.29, 0.717) is 23.4 Å². The molecule has 3 aliphatic heterocycles. The zero-order chi connectivity index (χ0) is 22.6. The minimum atomic E-state index is -0.566. The Labute approximate surface area is 192 Å². The second kappa shape index (κ2) is 7.74. The lowest BCUT2D eigenvalue weighted by Crippen LogP contribution is -2.60. The zero-order valence-corrected chi connectivity index (χ0v) is 19.3. The molecular weight excluding hydrogens is 430 g/mol. The van der Waals surface area contributed by atoms with Crippen LogP contribution in [0.2, 0.25) is 5.02 Å². The lowest BCUT2D eigenvalue weighted by atomic mass is 10.0. The summed E-state index contributed by atoms with van der Waals surface area (Å²) in [6.07, 6.45) is 3.84. The molecule has 3 amide bonds. The molecule has 2 N–H and O–H groups in total. The summed E-state index contributed by atoms with van der Waals surface area (Å²) in [5.41, 5.74) is 1.31. The molecule has 0 radical (unpaired) electrons. The Bertz CT molecular complexity index is 1070. The van der Waals surface area contributed by atoms with Crippen molar-refractivity contribution in [1.29, 1.82) is 0 Å². The molecule has 170 valence electrons. The number of nitrogens with zero attached hydrogens (tertiary/aromatic N) is 5. The van der Waals surface area contributed by atoms with Crippen molar-refractivity contribution >= 4 is 29.4 Å². The molecule has 0 aromatic carbocycles. The number of carbonyl (C=O) groups excluding carboxylic acids is 2. The van der Waals surface area contributed by atoms with Crippen molar-refractivity contribution in [3.8, 4) is 0 Å². The highest BCUT2D eigenvalue weighted by Crippen LogP contribution is 2.41. The van der Waals surface area contributed by atoms with E-state index in [1.165, 1.54) is 18.7 Å². The fourth-order valence-corrected chi connectivity index (χ4v) is 5.40. The monoisotopic (exact) mass is 457 g/mol. The van der Waals surface area contributed by atoms with Crippen LogP contribution in [0.15, 0.2) is 18.3 Å². The van der Waals surface area contributed by atoms with Crippen molar-refractivity contribution in [1.82, 2.24) is 29.9 Å². The van der Waals surface area contributed by atoms with E-state index in [4.69, 9.17) is 11.6 Å². The van der Waals surface area contributed by atoms with Gasteiger partial charge in [0.25, 0.3) is 5.91 Å². The van der Waals surface area contributed by atoms with E-state index in [-0.39, 0.29) is 17.8 Å². The van der Waals surface area contributed by atoms with Crippen LogP contribution in [0, 0.1) is 0 Å². The molecule has 2 saturated heterocycles. The molecular formula is C22H28ClN7O2. The van der Waals surface area contributed by atoms with Crippen molar-refractivity contribution < 1.29 is 9.59 Å². The molecule has 2 fully saturated rings. The van der Waals surface area contributed by atoms with Crippen LogP contribution in [-0.2, 0) is 12.1 Å². The molecule has 2 atom stereocenters. The van der Waals surface area contributed by atoms with Crippen LogP contribution in [0.5, 0.6) is 0 Å². The topological polar surface area (TPSA) is 97.5 Å². The van der Waals surface area contributed by atoms with E-state index < -0.39 is 11.4 Å². The van der Waals surface area contributed by atoms with E-state index in [1.54, 1.807) is 6.07 Å². The van der Waals surface area contributed by atoms with Crippen molar-refractivity contribution in [2.45, 2.75) is 57.8 Å². The number of anilines is 1. The Balaban J connectivity index is 1.35. The Morgan fingerprint density at radius 1 is 1.31 bits per heavy atom. The third-order valence-electron chi connectivity index (χ3n) is 7.07. The first kappa shape index (κ1) is 21.2. The van der Waals surface area contributed by atoms with Gasteiger partial charge in [-0.3, -0.25) is 19.8 Å². The number of aromatic amines is 1. The largest absolute Gasteiger partial charge is 0.321 e. The number of piperazine rings is 1. The fraction of sp³-hybridized carbons (Fsp3) is 0.545. The van der Waals surface area contributed by atoms with E-state index in [0.717, 1.165) is 37.3 Å². The van der Waals surface area contributed by atoms with Crippen LogP contribution < -0.4 is 5.32 Å². The molecule has 2 aromatic heterocycles. The van der Waals surface area contributed by atoms with Crippen LogP contribution in [0.1, 0.15) is 55.4 Å². The number of carbonyl (C=O) groups is 2. The molecule has 32 heavy (non-hydrogen) atoms. The smallest absolute Gasteiger partial charge is 0.319 e. The molecule has 5 rings (SSSR count). The van der Waals surface area contributed by atoms with E-state index in [9.17, 15) is 9.59 Å². The average Bonchev–Trinajstić information content (AvgIpc) is 3.43. The first-order chi connectivity index (χ1) is 15.3. The van der Waals surface area contributed by atoms with Crippen LogP contribution in [0.3, 0.4) is 0 Å². The fourth-order valence-electron chi connectivity index (χ4n) is 5.24. The maximum absolute atomic E-state index is 13.7. The van der Waals surface area contributed by atoms with Crippen LogP contribution in [0.25, 0.3) is 0 Å². The summed E-state index contributed by atoms with van der Waals surface area (Å²) in [5, 5.41) is 10.6. The Morgan fingerprint density at radius 2 is 2.12 bits per heavy atom. The van der Waals surface area contributed by atoms with Gasteiger partial charge < -0.3 is 15.1 Å². The molecule has 3 aliphatic rings. The minimum Gasteiger partial charge on any atom is -0.319 e. The van der Waals surface area contributed by atoms with Gasteiger partial charge in [0, 0.05) is 42.0 Å². The highest BCUT2D eigenvalue weighted by atomic mass is 35.5. The third-order valence-corrected chi connectivity index (χ3v) is 7.31. The molecule has 0 aliphatic carbocycles. The summed E-state index contributed by atoms with van der Waals surface area (Å²) in [7, 11) is 0. The Kier molecular flexibility index (Phi) is 5.13. The molecule has 0 bridgehead atoms. The summed E-state index contributed by atoms with van der Waals surface area (Å²) in [4.78, 5) is 36.8. The summed E-state index contributed by atoms with van der Waals surface area (Å²) >= 11 is 5.98. The van der Waals surface area contributed by atoms with E-state index in [2.05, 4.69) is 32.3 Å². The Hall–Kier alpha value is -2.65. The summed E-state index contributed by atoms with van der Waals surface area (Å²) < 4.78 is 0. The standard InChI is InChI=1S/C22H28ClN7O2/c1-13-10-28-8-4-5-15(28)11-29(13)21(32)30-12-16-18(22(30,2)3)26-27-19(16)25-20(31)17-9-14(23)6-7-24-17/h6-7,9,13,15H,4-5,8,10-12H2,1-3H3,(H2,25,26,27,31)/t13-,15-/m0/s1. The van der Waals surface area contributed by atoms with Crippen LogP contribution in [-0.4, -0.2) is 73.5 Å². The van der Waals surface area contributed by atoms with E-state index in [1.807, 2.05) is 23.6 Å². The van der Waals surface area contributed by atoms with Crippen molar-refractivity contribution in [2.24, 2.45) is 0 Å². The van der Waals surface area contributed by atoms with Crippen molar-refractivity contribution in [3.63, 3.8) is 0 Å². The van der Waals surface area contributed by atoms with Gasteiger partial charge >= 0.3 is 6.03 Å². The van der Waals surface area contributed by atoms with Gasteiger partial charge in [-0.15, -0.1) is 0 Å². The number of halogens is 1. The molecule has 0 saturated carbocycles. The second-order valence-corrected chi connectivity index (χ2v) is 9.90. The van der Waals surface area contributed by atoms with Crippen molar-refractivity contribution in [2.75, 3.05) is 25.0 Å². The highest BCUT2D eigenvalue weighted by Gasteiger charge is 2.47. The molecule has 0 spiro atoms. The van der Waals surface area contributed by atoms with Gasteiger partial charge in [0.15, 0.2) is 5.82 Å². The lowest BCUT2D eigenvalue weighted by Gasteiger charge is -2.45. The van der Waals surface area contributed by atoms with Gasteiger partial charge in [-0.2, -0.15) is 5.10 Å². The number of urea groups is 1. The number of aromatic nitrogens is 3. The number of fused-ring (bicyclic) bond motifs is 2. The number of H-pyrrole nitrogens is 1. The molecule has 9 nitrogen and oxygen atoms in total. The second-order valence-electron chi connectivity index (χ2n) is 9.46. The molecule has 10 heteroatoms. The van der Waals surface area contributed by atoms with Crippen LogP contribution in [0.4, 0.5) is 10.6 Å². The Morgan fingerprint density at radius 3 is 2.91 bits per heavy atom. The van der Waals surface area contributed by atoms with Gasteiger partial charge in [0.2, 0.25) is 0 Å².